The van der Waals surface area contributed by atoms with E-state index in [0.717, 1.165) is 25.2 Å². The average Bonchev–Trinajstić information content (AvgIpc) is 2.63. The van der Waals surface area contributed by atoms with Gasteiger partial charge in [-0.3, -0.25) is 0 Å². The first-order valence-corrected chi connectivity index (χ1v) is 8.97. The molecule has 1 saturated heterocycles. The van der Waals surface area contributed by atoms with Crippen LogP contribution in [0.2, 0.25) is 0 Å². The fourth-order valence-electron chi connectivity index (χ4n) is 3.59. The van der Waals surface area contributed by atoms with Gasteiger partial charge in [0, 0.05) is 5.92 Å². The Morgan fingerprint density at radius 1 is 1.00 bits per heavy atom. The average molecular weight is 336 g/mol. The third-order valence-electron chi connectivity index (χ3n) is 5.06. The number of methoxy groups -OCH3 is 1. The molecule has 0 aromatic heterocycles. The summed E-state index contributed by atoms with van der Waals surface area (Å²) in [6, 6.07) is 18.9. The molecule has 25 heavy (non-hydrogen) atoms. The summed E-state index contributed by atoms with van der Waals surface area (Å²) in [7, 11) is 1.69. The van der Waals surface area contributed by atoms with E-state index in [4.69, 9.17) is 9.47 Å². The number of hydrogen-bond donors (Lipinski definition) is 0. The van der Waals surface area contributed by atoms with Crippen LogP contribution in [0.25, 0.3) is 0 Å². The van der Waals surface area contributed by atoms with Crippen molar-refractivity contribution < 1.29 is 9.47 Å². The van der Waals surface area contributed by atoms with Crippen molar-refractivity contribution >= 4 is 0 Å². The molecule has 0 bridgehead atoms. The van der Waals surface area contributed by atoms with E-state index < -0.39 is 0 Å². The van der Waals surface area contributed by atoms with Crippen LogP contribution in [0.15, 0.2) is 66.7 Å². The summed E-state index contributed by atoms with van der Waals surface area (Å²) in [4.78, 5) is 0. The van der Waals surface area contributed by atoms with E-state index in [-0.39, 0.29) is 11.5 Å². The monoisotopic (exact) mass is 336 g/mol. The van der Waals surface area contributed by atoms with Crippen LogP contribution in [0, 0.1) is 5.41 Å². The standard InChI is InChI=1S/C23H28O2/c1-17-14-22(19-10-12-20(24-4)13-11-19)25-16-23(2,3)15-21(17)18-8-6-5-7-9-18/h5-13,21-22H,1,14-16H2,2-4H3/t21-,22+/m1/s1. The highest BCUT2D eigenvalue weighted by Gasteiger charge is 2.31. The first-order valence-electron chi connectivity index (χ1n) is 8.97. The fraction of sp³-hybridized carbons (Fsp3) is 0.391. The maximum atomic E-state index is 6.31. The zero-order valence-electron chi connectivity index (χ0n) is 15.5. The highest BCUT2D eigenvalue weighted by Crippen LogP contribution is 2.43. The maximum Gasteiger partial charge on any atom is 0.118 e. The Bertz CT molecular complexity index is 701. The molecule has 1 fully saturated rings. The minimum Gasteiger partial charge on any atom is -0.497 e. The van der Waals surface area contributed by atoms with Crippen molar-refractivity contribution in [3.05, 3.63) is 77.9 Å². The highest BCUT2D eigenvalue weighted by atomic mass is 16.5. The molecule has 1 heterocycles. The number of benzene rings is 2. The molecular formula is C23H28O2. The van der Waals surface area contributed by atoms with Gasteiger partial charge in [0.1, 0.15) is 5.75 Å². The molecule has 2 heteroatoms. The lowest BCUT2D eigenvalue weighted by Gasteiger charge is -2.37. The Kier molecular flexibility index (Phi) is 5.29. The van der Waals surface area contributed by atoms with Crippen LogP contribution in [0.1, 0.15) is 49.8 Å². The molecular weight excluding hydrogens is 308 g/mol. The molecule has 0 amide bonds. The van der Waals surface area contributed by atoms with Crippen LogP contribution in [-0.4, -0.2) is 13.7 Å². The molecule has 1 aliphatic rings. The number of rotatable bonds is 3. The quantitative estimate of drug-likeness (QED) is 0.648. The van der Waals surface area contributed by atoms with Crippen LogP contribution >= 0.6 is 0 Å². The Hall–Kier alpha value is -2.06. The molecule has 0 radical (unpaired) electrons. The second kappa shape index (κ2) is 7.45. The topological polar surface area (TPSA) is 18.5 Å². The minimum absolute atomic E-state index is 0.0455. The van der Waals surface area contributed by atoms with Crippen molar-refractivity contribution in [2.24, 2.45) is 5.41 Å². The Labute approximate surface area is 151 Å². The summed E-state index contributed by atoms with van der Waals surface area (Å²) < 4.78 is 11.6. The smallest absolute Gasteiger partial charge is 0.118 e. The van der Waals surface area contributed by atoms with Crippen molar-refractivity contribution in [2.75, 3.05) is 13.7 Å². The van der Waals surface area contributed by atoms with E-state index in [9.17, 15) is 0 Å². The van der Waals surface area contributed by atoms with Crippen LogP contribution in [0.5, 0.6) is 5.75 Å². The molecule has 132 valence electrons. The fourth-order valence-corrected chi connectivity index (χ4v) is 3.59. The third kappa shape index (κ3) is 4.32. The first-order chi connectivity index (χ1) is 12.0. The van der Waals surface area contributed by atoms with Gasteiger partial charge in [-0.15, -0.1) is 0 Å². The van der Waals surface area contributed by atoms with Crippen LogP contribution in [-0.2, 0) is 4.74 Å². The second-order valence-electron chi connectivity index (χ2n) is 7.77. The summed E-state index contributed by atoms with van der Waals surface area (Å²) in [5.74, 6) is 1.25. The van der Waals surface area contributed by atoms with Crippen LogP contribution in [0.3, 0.4) is 0 Å². The lowest BCUT2D eigenvalue weighted by atomic mass is 9.75. The molecule has 3 rings (SSSR count). The Morgan fingerprint density at radius 3 is 2.32 bits per heavy atom. The van der Waals surface area contributed by atoms with Crippen molar-refractivity contribution in [3.63, 3.8) is 0 Å². The lowest BCUT2D eigenvalue weighted by molar-refractivity contribution is -0.0118. The number of hydrogen-bond acceptors (Lipinski definition) is 2. The molecule has 0 aliphatic carbocycles. The Balaban J connectivity index is 1.87. The zero-order chi connectivity index (χ0) is 17.9. The van der Waals surface area contributed by atoms with Gasteiger partial charge in [-0.2, -0.15) is 0 Å². The molecule has 2 nitrogen and oxygen atoms in total. The van der Waals surface area contributed by atoms with Gasteiger partial charge in [0.25, 0.3) is 0 Å². The molecule has 2 aromatic carbocycles. The Morgan fingerprint density at radius 2 is 1.68 bits per heavy atom. The van der Waals surface area contributed by atoms with E-state index >= 15 is 0 Å². The van der Waals surface area contributed by atoms with E-state index in [1.807, 2.05) is 12.1 Å². The molecule has 0 spiro atoms. The van der Waals surface area contributed by atoms with E-state index in [2.05, 4.69) is 62.9 Å². The van der Waals surface area contributed by atoms with Crippen LogP contribution in [0.4, 0.5) is 0 Å². The second-order valence-corrected chi connectivity index (χ2v) is 7.77. The molecule has 1 aliphatic heterocycles. The predicted octanol–water partition coefficient (Wildman–Crippen LogP) is 5.91. The zero-order valence-corrected chi connectivity index (χ0v) is 15.5. The molecule has 0 saturated carbocycles. The minimum atomic E-state index is 0.0455. The molecule has 0 N–H and O–H groups in total. The first kappa shape index (κ1) is 17.8. The summed E-state index contributed by atoms with van der Waals surface area (Å²) in [5, 5.41) is 0. The van der Waals surface area contributed by atoms with Gasteiger partial charge < -0.3 is 9.47 Å². The molecule has 2 atom stereocenters. The van der Waals surface area contributed by atoms with Gasteiger partial charge in [-0.05, 0) is 41.5 Å². The van der Waals surface area contributed by atoms with Gasteiger partial charge in [0.15, 0.2) is 0 Å². The van der Waals surface area contributed by atoms with Crippen molar-refractivity contribution in [1.29, 1.82) is 0 Å². The van der Waals surface area contributed by atoms with Crippen molar-refractivity contribution in [2.45, 2.75) is 38.7 Å². The van der Waals surface area contributed by atoms with Gasteiger partial charge in [-0.1, -0.05) is 68.5 Å². The summed E-state index contributed by atoms with van der Waals surface area (Å²) in [5.41, 5.74) is 3.90. The molecule has 2 aromatic rings. The van der Waals surface area contributed by atoms with Gasteiger partial charge >= 0.3 is 0 Å². The van der Waals surface area contributed by atoms with Gasteiger partial charge in [0.05, 0.1) is 19.8 Å². The van der Waals surface area contributed by atoms with E-state index in [0.29, 0.717) is 5.92 Å². The molecule has 0 unspecified atom stereocenters. The maximum absolute atomic E-state index is 6.31. The largest absolute Gasteiger partial charge is 0.497 e. The summed E-state index contributed by atoms with van der Waals surface area (Å²) >= 11 is 0. The normalized spacial score (nSPS) is 23.6. The van der Waals surface area contributed by atoms with Gasteiger partial charge in [-0.25, -0.2) is 0 Å². The number of ether oxygens (including phenoxy) is 2. The van der Waals surface area contributed by atoms with Crippen molar-refractivity contribution in [3.8, 4) is 5.75 Å². The summed E-state index contributed by atoms with van der Waals surface area (Å²) in [6.45, 7) is 9.76. The highest BCUT2D eigenvalue weighted by molar-refractivity contribution is 5.32. The third-order valence-corrected chi connectivity index (χ3v) is 5.06. The van der Waals surface area contributed by atoms with E-state index in [1.54, 1.807) is 7.11 Å². The van der Waals surface area contributed by atoms with Crippen molar-refractivity contribution in [1.82, 2.24) is 0 Å². The van der Waals surface area contributed by atoms with Gasteiger partial charge in [0.2, 0.25) is 0 Å². The lowest BCUT2D eigenvalue weighted by Crippen LogP contribution is -2.27. The predicted molar refractivity (Wildman–Crippen MR) is 103 cm³/mol. The summed E-state index contributed by atoms with van der Waals surface area (Å²) in [6.07, 6.45) is 1.96. The van der Waals surface area contributed by atoms with E-state index in [1.165, 1.54) is 16.7 Å². The van der Waals surface area contributed by atoms with Crippen LogP contribution < -0.4 is 4.74 Å². The SMILES string of the molecule is C=C1C[C@@H](c2ccc(OC)cc2)OCC(C)(C)C[C@H]1c1ccccc1.